The number of unbranched alkanes of at least 4 members (excludes halogenated alkanes) is 8. The molecule has 7 heteroatoms. The van der Waals surface area contributed by atoms with Gasteiger partial charge in [0, 0.05) is 19.4 Å². The standard InChI is InChI=1S/C33H49NO6/c1-4-6-8-11-14-17-28(35)18-15-12-9-10-13-16-19-30(33(3,39)32(37)38)31(36)34-25-24-27-20-22-29(23-21-27)40-26-7-5-2/h16,19-23,30,39H,4,6,8-15,17-18,24-26H2,1-3H3,(H,34,36)(H,37,38)/b19-16+/t30-,33+/m1/s1. The minimum Gasteiger partial charge on any atom is -0.481 e. The van der Waals surface area contributed by atoms with Crippen LogP contribution in [0, 0.1) is 17.8 Å². The van der Waals surface area contributed by atoms with Gasteiger partial charge in [-0.25, -0.2) is 4.79 Å². The summed E-state index contributed by atoms with van der Waals surface area (Å²) in [6.07, 6.45) is 15.3. The van der Waals surface area contributed by atoms with Crippen LogP contribution in [0.15, 0.2) is 36.4 Å². The Morgan fingerprint density at radius 2 is 1.62 bits per heavy atom. The second-order valence-electron chi connectivity index (χ2n) is 10.4. The molecule has 0 radical (unpaired) electrons. The number of aliphatic carboxylic acids is 1. The van der Waals surface area contributed by atoms with Crippen LogP contribution in [0.5, 0.6) is 5.75 Å². The molecule has 0 spiro atoms. The molecule has 0 fully saturated rings. The van der Waals surface area contributed by atoms with Gasteiger partial charge in [-0.2, -0.15) is 0 Å². The van der Waals surface area contributed by atoms with Crippen LogP contribution in [0.4, 0.5) is 0 Å². The molecule has 222 valence electrons. The lowest BCUT2D eigenvalue weighted by Crippen LogP contribution is -2.49. The Morgan fingerprint density at radius 3 is 2.23 bits per heavy atom. The molecule has 1 aromatic carbocycles. The Balaban J connectivity index is 2.41. The number of ether oxygens (including phenoxy) is 1. The molecule has 0 aliphatic rings. The van der Waals surface area contributed by atoms with E-state index in [0.717, 1.165) is 51.0 Å². The summed E-state index contributed by atoms with van der Waals surface area (Å²) >= 11 is 0. The van der Waals surface area contributed by atoms with Crippen LogP contribution in [0.3, 0.4) is 0 Å². The van der Waals surface area contributed by atoms with Crippen molar-refractivity contribution < 1.29 is 29.3 Å². The van der Waals surface area contributed by atoms with Gasteiger partial charge in [-0.15, -0.1) is 5.92 Å². The topological polar surface area (TPSA) is 113 Å². The van der Waals surface area contributed by atoms with Crippen molar-refractivity contribution in [2.45, 2.75) is 110 Å². The molecule has 3 N–H and O–H groups in total. The van der Waals surface area contributed by atoms with E-state index < -0.39 is 23.4 Å². The average molecular weight is 556 g/mol. The molecule has 0 aliphatic carbocycles. The molecule has 0 aliphatic heterocycles. The normalized spacial score (nSPS) is 13.2. The number of hydrogen-bond donors (Lipinski definition) is 3. The predicted octanol–water partition coefficient (Wildman–Crippen LogP) is 6.03. The lowest BCUT2D eigenvalue weighted by Gasteiger charge is -2.25. The number of allylic oxidation sites excluding steroid dienone is 1. The summed E-state index contributed by atoms with van der Waals surface area (Å²) in [5.41, 5.74) is -1.24. The zero-order valence-corrected chi connectivity index (χ0v) is 24.7. The third-order valence-corrected chi connectivity index (χ3v) is 6.91. The Kier molecular flexibility index (Phi) is 18.1. The molecule has 1 amide bonds. The van der Waals surface area contributed by atoms with E-state index in [-0.39, 0.29) is 0 Å². The maximum absolute atomic E-state index is 12.8. The third kappa shape index (κ3) is 14.9. The highest BCUT2D eigenvalue weighted by Gasteiger charge is 2.42. The van der Waals surface area contributed by atoms with Crippen molar-refractivity contribution in [3.8, 4) is 17.6 Å². The summed E-state index contributed by atoms with van der Waals surface area (Å²) in [5, 5.41) is 22.8. The van der Waals surface area contributed by atoms with Gasteiger partial charge < -0.3 is 20.3 Å². The first kappa shape index (κ1) is 34.9. The van der Waals surface area contributed by atoms with Gasteiger partial charge in [0.2, 0.25) is 5.91 Å². The van der Waals surface area contributed by atoms with Crippen molar-refractivity contribution in [1.29, 1.82) is 0 Å². The van der Waals surface area contributed by atoms with Crippen LogP contribution >= 0.6 is 0 Å². The molecule has 0 bridgehead atoms. The number of carbonyl (C=O) groups excluding carboxylic acids is 2. The van der Waals surface area contributed by atoms with Gasteiger partial charge in [0.15, 0.2) is 5.60 Å². The Hall–Kier alpha value is -3.11. The smallest absolute Gasteiger partial charge is 0.336 e. The summed E-state index contributed by atoms with van der Waals surface area (Å²) in [4.78, 5) is 36.5. The first-order valence-corrected chi connectivity index (χ1v) is 14.8. The first-order valence-electron chi connectivity index (χ1n) is 14.8. The number of aliphatic hydroxyl groups is 1. The lowest BCUT2D eigenvalue weighted by atomic mass is 9.87. The maximum Gasteiger partial charge on any atom is 0.336 e. The van der Waals surface area contributed by atoms with Gasteiger partial charge in [0.25, 0.3) is 0 Å². The minimum absolute atomic E-state index is 0.303. The first-order chi connectivity index (χ1) is 19.2. The van der Waals surface area contributed by atoms with Crippen molar-refractivity contribution in [3.63, 3.8) is 0 Å². The molecule has 7 nitrogen and oxygen atoms in total. The number of Topliss-reactive ketones (excluding diaryl/α,β-unsaturated/α-hetero) is 1. The zero-order valence-electron chi connectivity index (χ0n) is 24.7. The van der Waals surface area contributed by atoms with Crippen molar-refractivity contribution in [1.82, 2.24) is 5.32 Å². The van der Waals surface area contributed by atoms with E-state index in [1.54, 1.807) is 13.0 Å². The van der Waals surface area contributed by atoms with Gasteiger partial charge in [0.05, 0.1) is 5.92 Å². The van der Waals surface area contributed by atoms with Crippen LogP contribution in [0.25, 0.3) is 0 Å². The molecule has 0 saturated heterocycles. The molecule has 2 atom stereocenters. The highest BCUT2D eigenvalue weighted by Crippen LogP contribution is 2.21. The van der Waals surface area contributed by atoms with Crippen LogP contribution in [-0.4, -0.2) is 46.6 Å². The van der Waals surface area contributed by atoms with E-state index >= 15 is 0 Å². The summed E-state index contributed by atoms with van der Waals surface area (Å²) in [6.45, 7) is 5.71. The summed E-state index contributed by atoms with van der Waals surface area (Å²) in [5.74, 6) is 3.47. The van der Waals surface area contributed by atoms with Crippen molar-refractivity contribution in [2.24, 2.45) is 5.92 Å². The van der Waals surface area contributed by atoms with Gasteiger partial charge in [-0.3, -0.25) is 9.59 Å². The van der Waals surface area contributed by atoms with E-state index in [0.29, 0.717) is 50.4 Å². The van der Waals surface area contributed by atoms with Crippen LogP contribution < -0.4 is 10.1 Å². The van der Waals surface area contributed by atoms with E-state index in [1.165, 1.54) is 25.3 Å². The fourth-order valence-electron chi connectivity index (χ4n) is 4.27. The van der Waals surface area contributed by atoms with Crippen LogP contribution in [0.1, 0.15) is 103 Å². The SMILES string of the molecule is CC#CCOc1ccc(CCNC(=O)[C@@H](/C=C/CCCCCCC(=O)CCCCCCC)[C@](C)(O)C(=O)O)cc1. The second kappa shape index (κ2) is 20.7. The van der Waals surface area contributed by atoms with Gasteiger partial charge >= 0.3 is 5.97 Å². The quantitative estimate of drug-likeness (QED) is 0.0915. The van der Waals surface area contributed by atoms with Crippen LogP contribution in [0.2, 0.25) is 0 Å². The second-order valence-corrected chi connectivity index (χ2v) is 10.4. The molecular weight excluding hydrogens is 506 g/mol. The molecule has 0 aromatic heterocycles. The highest BCUT2D eigenvalue weighted by molar-refractivity contribution is 5.90. The molecule has 1 rings (SSSR count). The van der Waals surface area contributed by atoms with Crippen molar-refractivity contribution >= 4 is 17.7 Å². The third-order valence-electron chi connectivity index (χ3n) is 6.91. The van der Waals surface area contributed by atoms with Gasteiger partial charge in [-0.05, 0) is 63.6 Å². The Bertz CT molecular complexity index is 971. The van der Waals surface area contributed by atoms with E-state index in [9.17, 15) is 24.6 Å². The van der Waals surface area contributed by atoms with E-state index in [2.05, 4.69) is 24.1 Å². The summed E-state index contributed by atoms with van der Waals surface area (Å²) < 4.78 is 5.49. The number of carboxylic acids is 1. The Labute approximate surface area is 240 Å². The lowest BCUT2D eigenvalue weighted by molar-refractivity contribution is -0.163. The fraction of sp³-hybridized carbons (Fsp3) is 0.606. The van der Waals surface area contributed by atoms with Crippen molar-refractivity contribution in [2.75, 3.05) is 13.2 Å². The molecule has 0 unspecified atom stereocenters. The maximum atomic E-state index is 12.8. The van der Waals surface area contributed by atoms with E-state index in [4.69, 9.17) is 4.74 Å². The fourth-order valence-corrected chi connectivity index (χ4v) is 4.27. The highest BCUT2D eigenvalue weighted by atomic mass is 16.5. The van der Waals surface area contributed by atoms with Gasteiger partial charge in [0.1, 0.15) is 18.1 Å². The number of rotatable bonds is 22. The molecular formula is C33H49NO6. The summed E-state index contributed by atoms with van der Waals surface area (Å²) in [7, 11) is 0. The van der Waals surface area contributed by atoms with Crippen LogP contribution in [-0.2, 0) is 20.8 Å². The number of amides is 1. The van der Waals surface area contributed by atoms with Crippen molar-refractivity contribution in [3.05, 3.63) is 42.0 Å². The Morgan fingerprint density at radius 1 is 1.00 bits per heavy atom. The number of ketones is 1. The average Bonchev–Trinajstić information content (AvgIpc) is 2.92. The molecule has 0 heterocycles. The minimum atomic E-state index is -2.22. The number of benzene rings is 1. The monoisotopic (exact) mass is 555 g/mol. The largest absolute Gasteiger partial charge is 0.481 e. The zero-order chi connectivity index (χ0) is 29.6. The number of carbonyl (C=O) groups is 3. The predicted molar refractivity (Wildman–Crippen MR) is 159 cm³/mol. The molecule has 0 saturated carbocycles. The summed E-state index contributed by atoms with van der Waals surface area (Å²) in [6, 6.07) is 7.47. The molecule has 1 aromatic rings. The number of nitrogens with one attached hydrogen (secondary N) is 1. The number of hydrogen-bond acceptors (Lipinski definition) is 5. The van der Waals surface area contributed by atoms with E-state index in [1.807, 2.05) is 24.3 Å². The van der Waals surface area contributed by atoms with Gasteiger partial charge in [-0.1, -0.05) is 75.7 Å². The molecule has 40 heavy (non-hydrogen) atoms. The number of carboxylic acid groups (broad SMARTS) is 1.